The summed E-state index contributed by atoms with van der Waals surface area (Å²) in [5.74, 6) is 0.806. The van der Waals surface area contributed by atoms with Gasteiger partial charge in [-0.1, -0.05) is 18.2 Å². The standard InChI is InChI=1S/C10H13O2Si/c1-3-11-8(2)12-9-6-4-5-7-10(9)13/h4-8H,3H2,1-2H3. The Balaban J connectivity index is 2.58. The van der Waals surface area contributed by atoms with E-state index in [2.05, 4.69) is 10.2 Å². The lowest BCUT2D eigenvalue weighted by molar-refractivity contribution is -0.0607. The second-order valence-electron chi connectivity index (χ2n) is 2.64. The van der Waals surface area contributed by atoms with Gasteiger partial charge in [0.1, 0.15) is 5.75 Å². The molecule has 0 aliphatic heterocycles. The average Bonchev–Trinajstić information content (AvgIpc) is 2.09. The molecule has 1 unspecified atom stereocenters. The topological polar surface area (TPSA) is 18.5 Å². The van der Waals surface area contributed by atoms with Crippen LogP contribution in [-0.2, 0) is 4.74 Å². The second-order valence-corrected chi connectivity index (χ2v) is 3.18. The molecule has 3 heteroatoms. The number of hydrogen-bond acceptors (Lipinski definition) is 2. The van der Waals surface area contributed by atoms with Crippen molar-refractivity contribution in [1.29, 1.82) is 0 Å². The highest BCUT2D eigenvalue weighted by atomic mass is 28.1. The Morgan fingerprint density at radius 2 is 2.08 bits per heavy atom. The lowest BCUT2D eigenvalue weighted by Crippen LogP contribution is -2.20. The summed E-state index contributed by atoms with van der Waals surface area (Å²) in [6.45, 7) is 4.48. The Bertz CT molecular complexity index is 263. The lowest BCUT2D eigenvalue weighted by Gasteiger charge is -2.15. The second kappa shape index (κ2) is 5.04. The van der Waals surface area contributed by atoms with Gasteiger partial charge in [-0.2, -0.15) is 0 Å². The fourth-order valence-corrected chi connectivity index (χ4v) is 1.26. The van der Waals surface area contributed by atoms with E-state index in [1.165, 1.54) is 0 Å². The van der Waals surface area contributed by atoms with E-state index in [0.717, 1.165) is 10.9 Å². The first-order valence-electron chi connectivity index (χ1n) is 4.33. The summed E-state index contributed by atoms with van der Waals surface area (Å²) in [7, 11) is 3.45. The molecule has 1 rings (SSSR count). The zero-order valence-corrected chi connectivity index (χ0v) is 8.91. The van der Waals surface area contributed by atoms with Crippen LogP contribution in [0.3, 0.4) is 0 Å². The Kier molecular flexibility index (Phi) is 3.99. The molecule has 2 nitrogen and oxygen atoms in total. The van der Waals surface area contributed by atoms with Crippen LogP contribution in [0.2, 0.25) is 0 Å². The fraction of sp³-hybridized carbons (Fsp3) is 0.400. The molecule has 0 aliphatic carbocycles. The number of ether oxygens (including phenoxy) is 2. The fourth-order valence-electron chi connectivity index (χ4n) is 1.02. The third-order valence-corrected chi connectivity index (χ3v) is 1.99. The van der Waals surface area contributed by atoms with E-state index in [1.807, 2.05) is 38.1 Å². The van der Waals surface area contributed by atoms with Gasteiger partial charge < -0.3 is 9.47 Å². The van der Waals surface area contributed by atoms with Crippen LogP contribution in [0.25, 0.3) is 0 Å². The van der Waals surface area contributed by atoms with Gasteiger partial charge in [0, 0.05) is 6.61 Å². The summed E-state index contributed by atoms with van der Waals surface area (Å²) in [5.41, 5.74) is 0. The van der Waals surface area contributed by atoms with E-state index in [-0.39, 0.29) is 6.29 Å². The lowest BCUT2D eigenvalue weighted by atomic mass is 10.3. The Morgan fingerprint density at radius 3 is 2.69 bits per heavy atom. The monoisotopic (exact) mass is 193 g/mol. The number of para-hydroxylation sites is 1. The Morgan fingerprint density at radius 1 is 1.38 bits per heavy atom. The minimum Gasteiger partial charge on any atom is -0.465 e. The SMILES string of the molecule is CCOC(C)Oc1ccccc1[Si]. The van der Waals surface area contributed by atoms with Gasteiger partial charge in [-0.15, -0.1) is 0 Å². The van der Waals surface area contributed by atoms with Crippen molar-refractivity contribution in [3.63, 3.8) is 0 Å². The molecule has 0 heterocycles. The zero-order valence-electron chi connectivity index (χ0n) is 7.91. The van der Waals surface area contributed by atoms with Crippen molar-refractivity contribution in [3.05, 3.63) is 24.3 Å². The smallest absolute Gasteiger partial charge is 0.196 e. The normalized spacial score (nSPS) is 12.5. The van der Waals surface area contributed by atoms with E-state index >= 15 is 0 Å². The van der Waals surface area contributed by atoms with Crippen molar-refractivity contribution in [2.24, 2.45) is 0 Å². The van der Waals surface area contributed by atoms with Crippen LogP contribution in [0.15, 0.2) is 24.3 Å². The van der Waals surface area contributed by atoms with Crippen LogP contribution in [0.5, 0.6) is 5.75 Å². The van der Waals surface area contributed by atoms with Crippen LogP contribution in [0.4, 0.5) is 0 Å². The van der Waals surface area contributed by atoms with E-state index in [1.54, 1.807) is 0 Å². The third kappa shape index (κ3) is 3.20. The molecule has 0 spiro atoms. The van der Waals surface area contributed by atoms with Crippen molar-refractivity contribution in [3.8, 4) is 5.75 Å². The maximum atomic E-state index is 5.51. The highest BCUT2D eigenvalue weighted by Crippen LogP contribution is 2.07. The molecule has 0 N–H and O–H groups in total. The molecular weight excluding hydrogens is 180 g/mol. The first-order valence-corrected chi connectivity index (χ1v) is 4.83. The molecule has 0 aromatic heterocycles. The van der Waals surface area contributed by atoms with Crippen molar-refractivity contribution in [2.45, 2.75) is 20.1 Å². The summed E-state index contributed by atoms with van der Waals surface area (Å²) in [4.78, 5) is 0. The molecule has 0 fully saturated rings. The van der Waals surface area contributed by atoms with Crippen molar-refractivity contribution >= 4 is 15.4 Å². The van der Waals surface area contributed by atoms with Crippen LogP contribution in [0, 0.1) is 0 Å². The third-order valence-electron chi connectivity index (χ3n) is 1.58. The molecule has 1 atom stereocenters. The Hall–Kier alpha value is -0.803. The van der Waals surface area contributed by atoms with Crippen LogP contribution in [0.1, 0.15) is 13.8 Å². The van der Waals surface area contributed by atoms with E-state index in [9.17, 15) is 0 Å². The van der Waals surface area contributed by atoms with Gasteiger partial charge in [-0.25, -0.2) is 0 Å². The van der Waals surface area contributed by atoms with Crippen LogP contribution < -0.4 is 9.92 Å². The first kappa shape index (κ1) is 10.3. The predicted molar refractivity (Wildman–Crippen MR) is 53.5 cm³/mol. The predicted octanol–water partition coefficient (Wildman–Crippen LogP) is 1.24. The quantitative estimate of drug-likeness (QED) is 0.529. The van der Waals surface area contributed by atoms with Crippen LogP contribution in [-0.4, -0.2) is 23.1 Å². The summed E-state index contributed by atoms with van der Waals surface area (Å²) in [6, 6.07) is 7.71. The summed E-state index contributed by atoms with van der Waals surface area (Å²) >= 11 is 0. The van der Waals surface area contributed by atoms with Gasteiger partial charge in [0.2, 0.25) is 0 Å². The number of benzene rings is 1. The minimum absolute atomic E-state index is 0.206. The molecule has 0 aliphatic rings. The van der Waals surface area contributed by atoms with Gasteiger partial charge >= 0.3 is 0 Å². The van der Waals surface area contributed by atoms with E-state index in [0.29, 0.717) is 6.61 Å². The van der Waals surface area contributed by atoms with Crippen molar-refractivity contribution in [2.75, 3.05) is 6.61 Å². The molecule has 1 aromatic rings. The van der Waals surface area contributed by atoms with Crippen molar-refractivity contribution in [1.82, 2.24) is 0 Å². The summed E-state index contributed by atoms with van der Waals surface area (Å²) in [5, 5.41) is 0.939. The average molecular weight is 193 g/mol. The van der Waals surface area contributed by atoms with Crippen LogP contribution >= 0.6 is 0 Å². The molecular formula is C10H13O2Si. The largest absolute Gasteiger partial charge is 0.465 e. The van der Waals surface area contributed by atoms with E-state index in [4.69, 9.17) is 9.47 Å². The van der Waals surface area contributed by atoms with Gasteiger partial charge in [0.25, 0.3) is 0 Å². The number of rotatable bonds is 4. The van der Waals surface area contributed by atoms with Gasteiger partial charge in [-0.3, -0.25) is 0 Å². The highest BCUT2D eigenvalue weighted by Gasteiger charge is 2.03. The molecule has 0 saturated heterocycles. The zero-order chi connectivity index (χ0) is 9.68. The molecule has 0 amide bonds. The van der Waals surface area contributed by atoms with Gasteiger partial charge in [-0.05, 0) is 25.1 Å². The van der Waals surface area contributed by atoms with Gasteiger partial charge in [0.05, 0.1) is 10.2 Å². The molecule has 0 saturated carbocycles. The number of hydrogen-bond donors (Lipinski definition) is 0. The van der Waals surface area contributed by atoms with E-state index < -0.39 is 0 Å². The highest BCUT2D eigenvalue weighted by molar-refractivity contribution is 6.34. The molecule has 1 aromatic carbocycles. The molecule has 0 bridgehead atoms. The molecule has 3 radical (unpaired) electrons. The summed E-state index contributed by atoms with van der Waals surface area (Å²) < 4.78 is 10.8. The van der Waals surface area contributed by atoms with Gasteiger partial charge in [0.15, 0.2) is 6.29 Å². The Labute approximate surface area is 82.3 Å². The maximum Gasteiger partial charge on any atom is 0.196 e. The molecule has 69 valence electrons. The maximum absolute atomic E-state index is 5.51. The molecule has 13 heavy (non-hydrogen) atoms. The minimum atomic E-state index is -0.206. The summed E-state index contributed by atoms with van der Waals surface area (Å²) in [6.07, 6.45) is -0.206. The van der Waals surface area contributed by atoms with Crippen molar-refractivity contribution < 1.29 is 9.47 Å². The first-order chi connectivity index (χ1) is 6.24.